The predicted octanol–water partition coefficient (Wildman–Crippen LogP) is 10.9. The number of ketones is 1. The van der Waals surface area contributed by atoms with Crippen molar-refractivity contribution in [3.05, 3.63) is 11.6 Å². The van der Waals surface area contributed by atoms with Gasteiger partial charge in [0.15, 0.2) is 30.7 Å². The minimum Gasteiger partial charge on any atom is -0.413 e. The van der Waals surface area contributed by atoms with E-state index < -0.39 is 25.0 Å². The van der Waals surface area contributed by atoms with Crippen LogP contribution in [0.1, 0.15) is 115 Å². The van der Waals surface area contributed by atoms with Crippen molar-refractivity contribution in [3.8, 4) is 0 Å². The molecular weight excluding hydrogens is 593 g/mol. The lowest BCUT2D eigenvalue weighted by Crippen LogP contribution is -2.65. The van der Waals surface area contributed by atoms with E-state index >= 15 is 0 Å². The summed E-state index contributed by atoms with van der Waals surface area (Å²) in [5, 5.41) is 0. The molecule has 0 heterocycles. The Kier molecular flexibility index (Phi) is 11.9. The number of rotatable bonds is 15. The Balaban J connectivity index is 1.88. The molecule has 3 unspecified atom stereocenters. The van der Waals surface area contributed by atoms with Crippen molar-refractivity contribution in [2.45, 2.75) is 187 Å². The van der Waals surface area contributed by atoms with Crippen LogP contribution in [0.15, 0.2) is 11.6 Å². The molecule has 0 saturated heterocycles. The summed E-state index contributed by atoms with van der Waals surface area (Å²) in [5.41, 5.74) is 1.53. The van der Waals surface area contributed by atoms with Gasteiger partial charge < -0.3 is 13.3 Å². The fourth-order valence-electron chi connectivity index (χ4n) is 10.8. The minimum atomic E-state index is -1.99. The van der Waals surface area contributed by atoms with Gasteiger partial charge in [0.1, 0.15) is 0 Å². The largest absolute Gasteiger partial charge is 0.413 e. The monoisotopic (exact) mass is 662 g/mol. The van der Waals surface area contributed by atoms with Gasteiger partial charge in [-0.05, 0) is 127 Å². The molecule has 0 aliphatic heterocycles. The molecule has 0 aromatic heterocycles. The third kappa shape index (κ3) is 6.15. The van der Waals surface area contributed by atoms with E-state index in [0.29, 0.717) is 36.1 Å². The van der Waals surface area contributed by atoms with Gasteiger partial charge in [-0.25, -0.2) is 0 Å². The van der Waals surface area contributed by atoms with Crippen molar-refractivity contribution in [2.24, 2.45) is 28.6 Å². The third-order valence-corrected chi connectivity index (χ3v) is 28.8. The van der Waals surface area contributed by atoms with Gasteiger partial charge in [-0.3, -0.25) is 4.79 Å². The van der Waals surface area contributed by atoms with E-state index in [9.17, 15) is 4.79 Å². The zero-order chi connectivity index (χ0) is 32.6. The molecule has 254 valence electrons. The van der Waals surface area contributed by atoms with E-state index in [2.05, 4.69) is 82.2 Å². The summed E-state index contributed by atoms with van der Waals surface area (Å²) < 4.78 is 22.9. The lowest BCUT2D eigenvalue weighted by atomic mass is 9.46. The topological polar surface area (TPSA) is 44.8 Å². The molecule has 3 saturated carbocycles. The molecule has 4 rings (SSSR count). The first kappa shape index (κ1) is 36.8. The first-order valence-corrected chi connectivity index (χ1v) is 26.8. The molecule has 3 fully saturated rings. The van der Waals surface area contributed by atoms with Crippen LogP contribution in [-0.2, 0) is 18.1 Å². The van der Waals surface area contributed by atoms with Crippen LogP contribution in [0.25, 0.3) is 0 Å². The highest BCUT2D eigenvalue weighted by atomic mass is 28.4. The van der Waals surface area contributed by atoms with Crippen LogP contribution < -0.4 is 0 Å². The Bertz CT molecular complexity index is 993. The standard InChI is InChI=1S/C37H70O4Si3/c1-12-42(13-2,14-3)39-32-22-21-29-33-30(24-26-37(29,32)11)36(10)25-23-28(38)27-31(36)34(40-43(15-4,16-5)17-6)35(33)41-44(18-7,19-8)20-9/h27,29-30,32-35H,12-26H2,1-11H3/t29?,30?,32-,33?,34+,35+,36+,37-/m0/s1. The first-order valence-electron chi connectivity index (χ1n) is 19.2. The number of carbonyl (C=O) groups excluding carboxylic acids is 1. The quantitative estimate of drug-likeness (QED) is 0.164. The van der Waals surface area contributed by atoms with Crippen molar-refractivity contribution in [1.29, 1.82) is 0 Å². The Labute approximate surface area is 275 Å². The second-order valence-corrected chi connectivity index (χ2v) is 30.0. The second kappa shape index (κ2) is 14.2. The van der Waals surface area contributed by atoms with Crippen LogP contribution in [0.4, 0.5) is 0 Å². The zero-order valence-electron chi connectivity index (χ0n) is 30.8. The second-order valence-electron chi connectivity index (χ2n) is 15.9. The molecule has 44 heavy (non-hydrogen) atoms. The number of carbonyl (C=O) groups is 1. The summed E-state index contributed by atoms with van der Waals surface area (Å²) in [5.74, 6) is 1.92. The van der Waals surface area contributed by atoms with Gasteiger partial charge in [-0.15, -0.1) is 0 Å². The highest BCUT2D eigenvalue weighted by molar-refractivity contribution is 6.74. The fraction of sp³-hybridized carbons (Fsp3) is 0.919. The van der Waals surface area contributed by atoms with Crippen molar-refractivity contribution in [2.75, 3.05) is 0 Å². The van der Waals surface area contributed by atoms with E-state index in [4.69, 9.17) is 13.3 Å². The highest BCUT2D eigenvalue weighted by Gasteiger charge is 2.66. The summed E-state index contributed by atoms with van der Waals surface area (Å²) in [6.07, 6.45) is 9.01. The van der Waals surface area contributed by atoms with Crippen LogP contribution in [-0.4, -0.2) is 49.0 Å². The number of hydrogen-bond donors (Lipinski definition) is 0. The van der Waals surface area contributed by atoms with E-state index in [-0.39, 0.29) is 23.0 Å². The van der Waals surface area contributed by atoms with Crippen LogP contribution in [0.3, 0.4) is 0 Å². The van der Waals surface area contributed by atoms with Crippen molar-refractivity contribution >= 4 is 30.7 Å². The molecule has 0 spiro atoms. The molecule has 4 nitrogen and oxygen atoms in total. The molecule has 0 N–H and O–H groups in total. The number of hydrogen-bond acceptors (Lipinski definition) is 4. The summed E-state index contributed by atoms with van der Waals surface area (Å²) in [6, 6.07) is 10.5. The molecule has 0 aromatic carbocycles. The normalized spacial score (nSPS) is 36.1. The predicted molar refractivity (Wildman–Crippen MR) is 194 cm³/mol. The smallest absolute Gasteiger partial charge is 0.193 e. The molecule has 4 aliphatic rings. The van der Waals surface area contributed by atoms with Gasteiger partial charge in [0.2, 0.25) is 0 Å². The van der Waals surface area contributed by atoms with Crippen LogP contribution in [0, 0.1) is 28.6 Å². The van der Waals surface area contributed by atoms with Gasteiger partial charge in [-0.1, -0.05) is 76.2 Å². The van der Waals surface area contributed by atoms with Gasteiger partial charge in [-0.2, -0.15) is 0 Å². The van der Waals surface area contributed by atoms with E-state index in [1.807, 2.05) is 0 Å². The lowest BCUT2D eigenvalue weighted by molar-refractivity contribution is -0.146. The van der Waals surface area contributed by atoms with Gasteiger partial charge in [0.25, 0.3) is 0 Å². The molecule has 7 heteroatoms. The lowest BCUT2D eigenvalue weighted by Gasteiger charge is -2.63. The first-order chi connectivity index (χ1) is 20.9. The van der Waals surface area contributed by atoms with E-state index in [1.54, 1.807) is 0 Å². The van der Waals surface area contributed by atoms with Crippen LogP contribution in [0.2, 0.25) is 54.4 Å². The molecule has 0 bridgehead atoms. The summed E-state index contributed by atoms with van der Waals surface area (Å²) in [7, 11) is -5.68. The van der Waals surface area contributed by atoms with Crippen molar-refractivity contribution in [3.63, 3.8) is 0 Å². The Morgan fingerprint density at radius 3 is 1.68 bits per heavy atom. The Morgan fingerprint density at radius 1 is 0.659 bits per heavy atom. The molecule has 0 radical (unpaired) electrons. The maximum absolute atomic E-state index is 13.2. The molecule has 0 aromatic rings. The summed E-state index contributed by atoms with van der Waals surface area (Å²) in [6.45, 7) is 26.5. The third-order valence-electron chi connectivity index (χ3n) is 14.9. The minimum absolute atomic E-state index is 0.0162. The fourth-order valence-corrected chi connectivity index (χ4v) is 19.4. The number of fused-ring (bicyclic) bond motifs is 5. The van der Waals surface area contributed by atoms with Crippen molar-refractivity contribution < 1.29 is 18.1 Å². The average molecular weight is 663 g/mol. The molecule has 8 atom stereocenters. The van der Waals surface area contributed by atoms with Crippen LogP contribution >= 0.6 is 0 Å². The van der Waals surface area contributed by atoms with Crippen molar-refractivity contribution in [1.82, 2.24) is 0 Å². The molecule has 4 aliphatic carbocycles. The van der Waals surface area contributed by atoms with Crippen LogP contribution in [0.5, 0.6) is 0 Å². The van der Waals surface area contributed by atoms with Gasteiger partial charge in [0, 0.05) is 6.42 Å². The molecular formula is C37H70O4Si3. The average Bonchev–Trinajstić information content (AvgIpc) is 3.38. The van der Waals surface area contributed by atoms with Gasteiger partial charge in [0.05, 0.1) is 18.3 Å². The molecule has 0 amide bonds. The summed E-state index contributed by atoms with van der Waals surface area (Å²) in [4.78, 5) is 13.2. The van der Waals surface area contributed by atoms with E-state index in [0.717, 1.165) is 42.7 Å². The highest BCUT2D eigenvalue weighted by Crippen LogP contribution is 2.67. The van der Waals surface area contributed by atoms with E-state index in [1.165, 1.54) is 49.4 Å². The Morgan fingerprint density at radius 2 is 1.16 bits per heavy atom. The zero-order valence-corrected chi connectivity index (χ0v) is 33.8. The SMILES string of the molecule is CC[Si](CC)(CC)O[C@@H]1C2=CC(=O)CC[C@]2(C)C2CC[C@@]3(C)C(CC[C@@H]3O[Si](CC)(CC)CC)C2[C@H]1O[Si](CC)(CC)CC. The van der Waals surface area contributed by atoms with Gasteiger partial charge >= 0.3 is 0 Å². The maximum atomic E-state index is 13.2. The Hall–Kier alpha value is -0.0594. The summed E-state index contributed by atoms with van der Waals surface area (Å²) >= 11 is 0. The maximum Gasteiger partial charge on any atom is 0.193 e.